The van der Waals surface area contributed by atoms with E-state index < -0.39 is 0 Å². The summed E-state index contributed by atoms with van der Waals surface area (Å²) in [6.45, 7) is 8.30. The van der Waals surface area contributed by atoms with Gasteiger partial charge in [-0.05, 0) is 37.1 Å². The van der Waals surface area contributed by atoms with Gasteiger partial charge in [0.05, 0.1) is 11.1 Å². The highest BCUT2D eigenvalue weighted by Gasteiger charge is 2.34. The molecule has 0 N–H and O–H groups in total. The van der Waals surface area contributed by atoms with E-state index in [0.29, 0.717) is 17.5 Å². The van der Waals surface area contributed by atoms with Gasteiger partial charge in [0.25, 0.3) is 0 Å². The van der Waals surface area contributed by atoms with Crippen LogP contribution >= 0.6 is 0 Å². The van der Waals surface area contributed by atoms with Crippen LogP contribution in [0.4, 0.5) is 0 Å². The summed E-state index contributed by atoms with van der Waals surface area (Å²) in [5.41, 5.74) is 0.814. The third-order valence-electron chi connectivity index (χ3n) is 5.41. The molecule has 0 amide bonds. The van der Waals surface area contributed by atoms with Gasteiger partial charge >= 0.3 is 11.9 Å². The molecule has 0 saturated heterocycles. The first-order valence-electron chi connectivity index (χ1n) is 10.4. The maximum absolute atomic E-state index is 12.7. The fourth-order valence-electron chi connectivity index (χ4n) is 3.11. The number of benzene rings is 2. The van der Waals surface area contributed by atoms with Gasteiger partial charge in [-0.3, -0.25) is 0 Å². The predicted molar refractivity (Wildman–Crippen MR) is 115 cm³/mol. The van der Waals surface area contributed by atoms with E-state index in [0.717, 1.165) is 19.3 Å². The summed E-state index contributed by atoms with van der Waals surface area (Å²) in [5, 5.41) is 0. The van der Waals surface area contributed by atoms with Gasteiger partial charge in [-0.25, -0.2) is 9.59 Å². The molecule has 2 rings (SSSR count). The fraction of sp³-hybridized carbons (Fsp3) is 0.440. The minimum Gasteiger partial charge on any atom is -0.459 e. The molecule has 2 aromatic rings. The highest BCUT2D eigenvalue weighted by atomic mass is 16.6. The molecule has 4 nitrogen and oxygen atoms in total. The van der Waals surface area contributed by atoms with E-state index in [4.69, 9.17) is 9.47 Å². The lowest BCUT2D eigenvalue weighted by Crippen LogP contribution is -2.37. The second kappa shape index (κ2) is 10.8. The van der Waals surface area contributed by atoms with Crippen molar-refractivity contribution in [3.63, 3.8) is 0 Å². The molecule has 0 radical (unpaired) electrons. The summed E-state index contributed by atoms with van der Waals surface area (Å²) >= 11 is 0. The van der Waals surface area contributed by atoms with E-state index in [1.165, 1.54) is 0 Å². The van der Waals surface area contributed by atoms with Crippen molar-refractivity contribution in [1.82, 2.24) is 0 Å². The van der Waals surface area contributed by atoms with Crippen molar-refractivity contribution in [2.45, 2.75) is 65.6 Å². The van der Waals surface area contributed by atoms with Crippen molar-refractivity contribution in [1.29, 1.82) is 0 Å². The molecule has 0 fully saturated rings. The summed E-state index contributed by atoms with van der Waals surface area (Å²) in [6, 6.07) is 18.0. The lowest BCUT2D eigenvalue weighted by molar-refractivity contribution is -0.0382. The number of carbonyl (C=O) groups excluding carboxylic acids is 2. The predicted octanol–water partition coefficient (Wildman–Crippen LogP) is 6.06. The molecular formula is C25H32O4. The van der Waals surface area contributed by atoms with Gasteiger partial charge in [-0.15, -0.1) is 0 Å². The number of rotatable bonds is 10. The van der Waals surface area contributed by atoms with E-state index in [1.54, 1.807) is 24.3 Å². The van der Waals surface area contributed by atoms with E-state index >= 15 is 0 Å². The zero-order chi connectivity index (χ0) is 21.3. The topological polar surface area (TPSA) is 52.6 Å². The van der Waals surface area contributed by atoms with Crippen LogP contribution in [0, 0.1) is 5.41 Å². The second-order valence-electron chi connectivity index (χ2n) is 8.02. The van der Waals surface area contributed by atoms with Crippen LogP contribution < -0.4 is 0 Å². The average Bonchev–Trinajstić information content (AvgIpc) is 2.74. The number of hydrogen-bond donors (Lipinski definition) is 0. The number of esters is 2. The van der Waals surface area contributed by atoms with Crippen LogP contribution in [0.25, 0.3) is 0 Å². The molecule has 0 saturated carbocycles. The second-order valence-corrected chi connectivity index (χ2v) is 8.02. The third-order valence-corrected chi connectivity index (χ3v) is 5.41. The standard InChI is InChI=1S/C25H32O4/c1-5-13-21(28-23(26)19-14-9-7-10-15-19)18-22(25(3,4)6-2)29-24(27)20-16-11-8-12-17-20/h7-12,14-17,21-22H,5-6,13,18H2,1-4H3. The van der Waals surface area contributed by atoms with Crippen LogP contribution in [0.2, 0.25) is 0 Å². The van der Waals surface area contributed by atoms with Crippen molar-refractivity contribution >= 4 is 11.9 Å². The van der Waals surface area contributed by atoms with Crippen LogP contribution in [-0.4, -0.2) is 24.1 Å². The number of ether oxygens (including phenoxy) is 2. The molecule has 0 aliphatic carbocycles. The Morgan fingerprint density at radius 1 is 0.828 bits per heavy atom. The third kappa shape index (κ3) is 6.74. The van der Waals surface area contributed by atoms with Crippen LogP contribution in [-0.2, 0) is 9.47 Å². The van der Waals surface area contributed by atoms with Crippen LogP contribution in [0.5, 0.6) is 0 Å². The normalized spacial score (nSPS) is 13.4. The summed E-state index contributed by atoms with van der Waals surface area (Å²) in [4.78, 5) is 25.2. The molecule has 0 aliphatic rings. The van der Waals surface area contributed by atoms with Gasteiger partial charge in [-0.2, -0.15) is 0 Å². The maximum atomic E-state index is 12.7. The Balaban J connectivity index is 2.15. The van der Waals surface area contributed by atoms with Crippen LogP contribution in [0.15, 0.2) is 60.7 Å². The fourth-order valence-corrected chi connectivity index (χ4v) is 3.11. The van der Waals surface area contributed by atoms with Crippen molar-refractivity contribution in [2.75, 3.05) is 0 Å². The zero-order valence-corrected chi connectivity index (χ0v) is 17.9. The SMILES string of the molecule is CCCC(CC(OC(=O)c1ccccc1)C(C)(C)CC)OC(=O)c1ccccc1. The van der Waals surface area contributed by atoms with Gasteiger partial charge < -0.3 is 9.47 Å². The van der Waals surface area contributed by atoms with Gasteiger partial charge in [0.1, 0.15) is 12.2 Å². The number of carbonyl (C=O) groups is 2. The van der Waals surface area contributed by atoms with E-state index in [-0.39, 0.29) is 29.6 Å². The first kappa shape index (κ1) is 22.7. The first-order chi connectivity index (χ1) is 13.9. The molecule has 0 bridgehead atoms. The maximum Gasteiger partial charge on any atom is 0.338 e. The molecule has 0 aliphatic heterocycles. The first-order valence-corrected chi connectivity index (χ1v) is 10.4. The average molecular weight is 397 g/mol. The molecule has 0 aromatic heterocycles. The molecule has 29 heavy (non-hydrogen) atoms. The van der Waals surface area contributed by atoms with Crippen molar-refractivity contribution < 1.29 is 19.1 Å². The summed E-state index contributed by atoms with van der Waals surface area (Å²) in [6.07, 6.45) is 2.24. The van der Waals surface area contributed by atoms with Crippen molar-refractivity contribution in [3.05, 3.63) is 71.8 Å². The molecule has 156 valence electrons. The van der Waals surface area contributed by atoms with Gasteiger partial charge in [-0.1, -0.05) is 70.5 Å². The highest BCUT2D eigenvalue weighted by molar-refractivity contribution is 5.90. The Morgan fingerprint density at radius 3 is 1.76 bits per heavy atom. The highest BCUT2D eigenvalue weighted by Crippen LogP contribution is 2.32. The Labute approximate surface area is 174 Å². The molecule has 2 atom stereocenters. The lowest BCUT2D eigenvalue weighted by atomic mass is 9.80. The Bertz CT molecular complexity index is 768. The minimum atomic E-state index is -0.361. The summed E-state index contributed by atoms with van der Waals surface area (Å²) < 4.78 is 11.7. The van der Waals surface area contributed by atoms with Crippen LogP contribution in [0.1, 0.15) is 74.1 Å². The van der Waals surface area contributed by atoms with Crippen molar-refractivity contribution in [2.24, 2.45) is 5.41 Å². The monoisotopic (exact) mass is 396 g/mol. The lowest BCUT2D eigenvalue weighted by Gasteiger charge is -2.35. The quantitative estimate of drug-likeness (QED) is 0.458. The van der Waals surface area contributed by atoms with Gasteiger partial charge in [0.15, 0.2) is 0 Å². The van der Waals surface area contributed by atoms with E-state index in [9.17, 15) is 9.59 Å². The Morgan fingerprint density at radius 2 is 1.31 bits per heavy atom. The largest absolute Gasteiger partial charge is 0.459 e. The van der Waals surface area contributed by atoms with Crippen molar-refractivity contribution in [3.8, 4) is 0 Å². The molecular weight excluding hydrogens is 364 g/mol. The van der Waals surface area contributed by atoms with E-state index in [2.05, 4.69) is 27.7 Å². The Kier molecular flexibility index (Phi) is 8.44. The zero-order valence-electron chi connectivity index (χ0n) is 17.9. The van der Waals surface area contributed by atoms with Gasteiger partial charge in [0.2, 0.25) is 0 Å². The van der Waals surface area contributed by atoms with Gasteiger partial charge in [0, 0.05) is 11.8 Å². The molecule has 0 heterocycles. The summed E-state index contributed by atoms with van der Waals surface area (Å²) in [5.74, 6) is -0.687. The molecule has 2 aromatic carbocycles. The smallest absolute Gasteiger partial charge is 0.338 e. The minimum absolute atomic E-state index is 0.240. The molecule has 0 spiro atoms. The molecule has 2 unspecified atom stereocenters. The Hall–Kier alpha value is -2.62. The molecule has 4 heteroatoms. The van der Waals surface area contributed by atoms with E-state index in [1.807, 2.05) is 36.4 Å². The van der Waals surface area contributed by atoms with Crippen LogP contribution in [0.3, 0.4) is 0 Å². The number of hydrogen-bond acceptors (Lipinski definition) is 4. The summed E-state index contributed by atoms with van der Waals surface area (Å²) in [7, 11) is 0.